The van der Waals surface area contributed by atoms with E-state index >= 15 is 0 Å². The lowest BCUT2D eigenvalue weighted by atomic mass is 10.0. The summed E-state index contributed by atoms with van der Waals surface area (Å²) in [5, 5.41) is 7.27. The van der Waals surface area contributed by atoms with E-state index in [4.69, 9.17) is 4.74 Å². The van der Waals surface area contributed by atoms with Crippen LogP contribution in [0.3, 0.4) is 0 Å². The van der Waals surface area contributed by atoms with Crippen LogP contribution >= 0.6 is 0 Å². The number of para-hydroxylation sites is 1. The van der Waals surface area contributed by atoms with E-state index in [0.717, 1.165) is 42.1 Å². The second-order valence-corrected chi connectivity index (χ2v) is 5.69. The van der Waals surface area contributed by atoms with E-state index in [1.54, 1.807) is 0 Å². The second-order valence-electron chi connectivity index (χ2n) is 5.69. The van der Waals surface area contributed by atoms with E-state index in [2.05, 4.69) is 10.2 Å². The average molecular weight is 299 g/mol. The van der Waals surface area contributed by atoms with Crippen LogP contribution in [0.15, 0.2) is 30.3 Å². The molecule has 0 bridgehead atoms. The number of aromatic amines is 1. The largest absolute Gasteiger partial charge is 0.484 e. The van der Waals surface area contributed by atoms with Gasteiger partial charge in [0.15, 0.2) is 6.61 Å². The van der Waals surface area contributed by atoms with Crippen LogP contribution in [0.25, 0.3) is 0 Å². The molecule has 0 aliphatic carbocycles. The molecule has 1 N–H and O–H groups in total. The van der Waals surface area contributed by atoms with E-state index < -0.39 is 0 Å². The van der Waals surface area contributed by atoms with Crippen molar-refractivity contribution in [1.29, 1.82) is 0 Å². The van der Waals surface area contributed by atoms with E-state index in [0.29, 0.717) is 0 Å². The quantitative estimate of drug-likeness (QED) is 0.944. The molecule has 1 aromatic carbocycles. The van der Waals surface area contributed by atoms with Gasteiger partial charge in [-0.15, -0.1) is 0 Å². The highest BCUT2D eigenvalue weighted by Gasteiger charge is 2.32. The van der Waals surface area contributed by atoms with Gasteiger partial charge in [-0.25, -0.2) is 0 Å². The molecular formula is C17H21N3O2. The number of likely N-dealkylation sites (tertiary alicyclic amines) is 1. The van der Waals surface area contributed by atoms with Crippen LogP contribution in [-0.2, 0) is 4.79 Å². The zero-order valence-electron chi connectivity index (χ0n) is 13.0. The Kier molecular flexibility index (Phi) is 4.13. The Morgan fingerprint density at radius 1 is 1.36 bits per heavy atom. The lowest BCUT2D eigenvalue weighted by Gasteiger charge is -2.25. The van der Waals surface area contributed by atoms with Gasteiger partial charge in [0.2, 0.25) is 0 Å². The molecule has 3 rings (SSSR count). The molecule has 0 spiro atoms. The number of amides is 1. The maximum absolute atomic E-state index is 12.5. The fraction of sp³-hybridized carbons (Fsp3) is 0.412. The van der Waals surface area contributed by atoms with Gasteiger partial charge in [0, 0.05) is 17.8 Å². The molecule has 1 saturated heterocycles. The van der Waals surface area contributed by atoms with Gasteiger partial charge in [-0.2, -0.15) is 5.10 Å². The first-order valence-electron chi connectivity index (χ1n) is 7.65. The number of hydrogen-bond acceptors (Lipinski definition) is 3. The fourth-order valence-corrected chi connectivity index (χ4v) is 3.16. The molecule has 1 aromatic heterocycles. The van der Waals surface area contributed by atoms with Crippen LogP contribution in [0.2, 0.25) is 0 Å². The Morgan fingerprint density at radius 3 is 2.82 bits per heavy atom. The highest BCUT2D eigenvalue weighted by Crippen LogP contribution is 2.34. The van der Waals surface area contributed by atoms with Crippen molar-refractivity contribution in [3.8, 4) is 5.75 Å². The van der Waals surface area contributed by atoms with Crippen LogP contribution in [0.5, 0.6) is 5.75 Å². The smallest absolute Gasteiger partial charge is 0.261 e. The maximum atomic E-state index is 12.5. The van der Waals surface area contributed by atoms with Gasteiger partial charge in [0.05, 0.1) is 11.7 Å². The minimum Gasteiger partial charge on any atom is -0.484 e. The molecule has 1 atom stereocenters. The predicted molar refractivity (Wildman–Crippen MR) is 83.7 cm³/mol. The van der Waals surface area contributed by atoms with Gasteiger partial charge in [-0.1, -0.05) is 18.2 Å². The van der Waals surface area contributed by atoms with Gasteiger partial charge >= 0.3 is 0 Å². The highest BCUT2D eigenvalue weighted by molar-refractivity contribution is 5.78. The molecule has 1 amide bonds. The zero-order valence-corrected chi connectivity index (χ0v) is 13.0. The summed E-state index contributed by atoms with van der Waals surface area (Å²) in [4.78, 5) is 14.4. The first-order chi connectivity index (χ1) is 10.7. The average Bonchev–Trinajstić information content (AvgIpc) is 3.12. The predicted octanol–water partition coefficient (Wildman–Crippen LogP) is 2.77. The molecule has 0 radical (unpaired) electrons. The summed E-state index contributed by atoms with van der Waals surface area (Å²) in [5.41, 5.74) is 3.18. The number of rotatable bonds is 4. The fourth-order valence-electron chi connectivity index (χ4n) is 3.16. The monoisotopic (exact) mass is 299 g/mol. The first kappa shape index (κ1) is 14.6. The van der Waals surface area contributed by atoms with E-state index in [-0.39, 0.29) is 18.6 Å². The summed E-state index contributed by atoms with van der Waals surface area (Å²) in [6.07, 6.45) is 2.00. The molecule has 0 unspecified atom stereocenters. The minimum absolute atomic E-state index is 0.0337. The molecular weight excluding hydrogens is 278 g/mol. The number of aryl methyl sites for hydroxylation is 2. The summed E-state index contributed by atoms with van der Waals surface area (Å²) in [6.45, 7) is 4.86. The third-order valence-electron chi connectivity index (χ3n) is 4.20. The van der Waals surface area contributed by atoms with E-state index in [9.17, 15) is 4.79 Å². The molecule has 1 fully saturated rings. The Bertz CT molecular complexity index is 632. The van der Waals surface area contributed by atoms with Crippen LogP contribution in [0.1, 0.15) is 35.8 Å². The van der Waals surface area contributed by atoms with Crippen LogP contribution in [-0.4, -0.2) is 34.2 Å². The Labute approximate surface area is 130 Å². The number of benzene rings is 1. The van der Waals surface area contributed by atoms with E-state index in [1.165, 1.54) is 0 Å². The van der Waals surface area contributed by atoms with Crippen molar-refractivity contribution in [2.75, 3.05) is 13.2 Å². The van der Waals surface area contributed by atoms with Crippen molar-refractivity contribution in [2.45, 2.75) is 32.7 Å². The summed E-state index contributed by atoms with van der Waals surface area (Å²) in [5.74, 6) is 0.758. The minimum atomic E-state index is 0.0337. The molecule has 1 aliphatic heterocycles. The molecule has 1 aliphatic rings. The van der Waals surface area contributed by atoms with Gasteiger partial charge in [-0.3, -0.25) is 9.89 Å². The molecule has 2 heterocycles. The summed E-state index contributed by atoms with van der Waals surface area (Å²) < 4.78 is 5.59. The number of carbonyl (C=O) groups is 1. The molecule has 22 heavy (non-hydrogen) atoms. The van der Waals surface area contributed by atoms with E-state index in [1.807, 2.05) is 49.1 Å². The van der Waals surface area contributed by atoms with Gasteiger partial charge in [-0.05, 0) is 38.8 Å². The van der Waals surface area contributed by atoms with Crippen molar-refractivity contribution in [2.24, 2.45) is 0 Å². The SMILES string of the molecule is Cc1n[nH]c(C)c1[C@H]1CCCN1C(=O)COc1ccccc1. The van der Waals surface area contributed by atoms with Crippen molar-refractivity contribution < 1.29 is 9.53 Å². The second kappa shape index (κ2) is 6.22. The zero-order chi connectivity index (χ0) is 15.5. The van der Waals surface area contributed by atoms with Crippen molar-refractivity contribution in [3.63, 3.8) is 0 Å². The summed E-state index contributed by atoms with van der Waals surface area (Å²) in [7, 11) is 0. The number of H-pyrrole nitrogens is 1. The molecule has 5 nitrogen and oxygen atoms in total. The van der Waals surface area contributed by atoms with Crippen molar-refractivity contribution in [1.82, 2.24) is 15.1 Å². The van der Waals surface area contributed by atoms with Crippen LogP contribution in [0, 0.1) is 13.8 Å². The number of nitrogens with one attached hydrogen (secondary N) is 1. The number of hydrogen-bond donors (Lipinski definition) is 1. The Hall–Kier alpha value is -2.30. The highest BCUT2D eigenvalue weighted by atomic mass is 16.5. The van der Waals surface area contributed by atoms with Crippen LogP contribution in [0.4, 0.5) is 0 Å². The van der Waals surface area contributed by atoms with Crippen molar-refractivity contribution in [3.05, 3.63) is 47.3 Å². The number of aromatic nitrogens is 2. The Balaban J connectivity index is 1.69. The number of carbonyl (C=O) groups excluding carboxylic acids is 1. The first-order valence-corrected chi connectivity index (χ1v) is 7.65. The lowest BCUT2D eigenvalue weighted by molar-refractivity contribution is -0.134. The number of nitrogens with zero attached hydrogens (tertiary/aromatic N) is 2. The Morgan fingerprint density at radius 2 is 2.14 bits per heavy atom. The molecule has 2 aromatic rings. The lowest BCUT2D eigenvalue weighted by Crippen LogP contribution is -2.34. The van der Waals surface area contributed by atoms with Gasteiger partial charge in [0.25, 0.3) is 5.91 Å². The summed E-state index contributed by atoms with van der Waals surface area (Å²) >= 11 is 0. The third kappa shape index (κ3) is 2.84. The number of ether oxygens (including phenoxy) is 1. The van der Waals surface area contributed by atoms with Gasteiger partial charge in [0.1, 0.15) is 5.75 Å². The van der Waals surface area contributed by atoms with Crippen molar-refractivity contribution >= 4 is 5.91 Å². The summed E-state index contributed by atoms with van der Waals surface area (Å²) in [6, 6.07) is 9.56. The van der Waals surface area contributed by atoms with Gasteiger partial charge < -0.3 is 9.64 Å². The standard InChI is InChI=1S/C17H21N3O2/c1-12-17(13(2)19-18-12)15-9-6-10-20(15)16(21)11-22-14-7-4-3-5-8-14/h3-5,7-8,15H,6,9-11H2,1-2H3,(H,18,19)/t15-/m1/s1. The van der Waals surface area contributed by atoms with Crippen LogP contribution < -0.4 is 4.74 Å². The molecule has 0 saturated carbocycles. The normalized spacial score (nSPS) is 17.7. The topological polar surface area (TPSA) is 58.2 Å². The third-order valence-corrected chi connectivity index (χ3v) is 4.20. The molecule has 5 heteroatoms. The molecule has 116 valence electrons. The maximum Gasteiger partial charge on any atom is 0.261 e.